The van der Waals surface area contributed by atoms with Gasteiger partial charge in [-0.3, -0.25) is 0 Å². The van der Waals surface area contributed by atoms with Gasteiger partial charge in [0.25, 0.3) is 0 Å². The third-order valence-electron chi connectivity index (χ3n) is 2.58. The average Bonchev–Trinajstić information content (AvgIpc) is 2.37. The molecule has 1 aromatic rings. The molecule has 1 aromatic heterocycles. The summed E-state index contributed by atoms with van der Waals surface area (Å²) in [4.78, 5) is 19.6. The van der Waals surface area contributed by atoms with Crippen molar-refractivity contribution in [3.05, 3.63) is 57.6 Å². The zero-order chi connectivity index (χ0) is 13.9. The standard InChI is InChI=1S/C13H13N3O.W/c1-9(7-6-8-14-4)12-10(2)13(17)16(5)11(3)15-12;/h6-7H,1H2,2-3,5H3;. The summed E-state index contributed by atoms with van der Waals surface area (Å²) in [5, 5.41) is 0. The fourth-order valence-corrected chi connectivity index (χ4v) is 1.67. The van der Waals surface area contributed by atoms with Crippen LogP contribution >= 0.6 is 0 Å². The summed E-state index contributed by atoms with van der Waals surface area (Å²) in [5.41, 5.74) is 1.75. The molecule has 18 heavy (non-hydrogen) atoms. The van der Waals surface area contributed by atoms with Crippen LogP contribution in [0.4, 0.5) is 0 Å². The van der Waals surface area contributed by atoms with Crippen molar-refractivity contribution in [2.75, 3.05) is 0 Å². The molecule has 0 atom stereocenters. The van der Waals surface area contributed by atoms with Crippen LogP contribution in [-0.2, 0) is 26.4 Å². The number of hydrogen-bond acceptors (Lipinski definition) is 2. The van der Waals surface area contributed by atoms with E-state index in [9.17, 15) is 4.79 Å². The van der Waals surface area contributed by atoms with Crippen molar-refractivity contribution in [2.24, 2.45) is 7.05 Å². The Morgan fingerprint density at radius 1 is 1.50 bits per heavy atom. The first kappa shape index (κ1) is 14.5. The number of allylic oxidation sites excluding steroid dienone is 2. The summed E-state index contributed by atoms with van der Waals surface area (Å²) in [6, 6.07) is 0. The zero-order valence-electron chi connectivity index (χ0n) is 10.5. The van der Waals surface area contributed by atoms with Crippen molar-refractivity contribution in [3.8, 4) is 0 Å². The Morgan fingerprint density at radius 3 is 2.67 bits per heavy atom. The summed E-state index contributed by atoms with van der Waals surface area (Å²) in [6.45, 7) is 14.3. The van der Waals surface area contributed by atoms with Crippen LogP contribution in [0.3, 0.4) is 0 Å². The van der Waals surface area contributed by atoms with Gasteiger partial charge in [0.1, 0.15) is 0 Å². The molecule has 1 heterocycles. The molecule has 5 heteroatoms. The summed E-state index contributed by atoms with van der Waals surface area (Å²) in [5.74, 6) is 0.645. The van der Waals surface area contributed by atoms with Crippen molar-refractivity contribution in [1.82, 2.24) is 9.55 Å². The van der Waals surface area contributed by atoms with Crippen molar-refractivity contribution < 1.29 is 19.4 Å². The molecule has 0 saturated heterocycles. The second kappa shape index (κ2) is 5.84. The normalized spacial score (nSPS) is 10.3. The van der Waals surface area contributed by atoms with Crippen LogP contribution in [-0.4, -0.2) is 13.6 Å². The van der Waals surface area contributed by atoms with Gasteiger partial charge in [-0.15, -0.1) is 0 Å². The molecule has 0 N–H and O–H groups in total. The van der Waals surface area contributed by atoms with E-state index in [0.717, 1.165) is 19.4 Å². The van der Waals surface area contributed by atoms with E-state index in [1.54, 1.807) is 33.0 Å². The van der Waals surface area contributed by atoms with Gasteiger partial charge < -0.3 is 0 Å². The van der Waals surface area contributed by atoms with Crippen LogP contribution in [0.2, 0.25) is 0 Å². The molecule has 0 bridgehead atoms. The van der Waals surface area contributed by atoms with Crippen molar-refractivity contribution in [2.45, 2.75) is 13.8 Å². The Labute approximate surface area is 117 Å². The monoisotopic (exact) mass is 411 g/mol. The van der Waals surface area contributed by atoms with E-state index in [1.807, 2.05) is 0 Å². The van der Waals surface area contributed by atoms with E-state index < -0.39 is 0 Å². The number of aryl methyl sites for hydroxylation is 1. The van der Waals surface area contributed by atoms with Crippen LogP contribution in [0.1, 0.15) is 17.1 Å². The van der Waals surface area contributed by atoms with E-state index in [4.69, 9.17) is 6.57 Å². The van der Waals surface area contributed by atoms with Gasteiger partial charge in [0.15, 0.2) is 0 Å². The fraction of sp³-hybridized carbons (Fsp3) is 0.231. The maximum atomic E-state index is 11.9. The summed E-state index contributed by atoms with van der Waals surface area (Å²) in [7, 11) is 1.69. The predicted octanol–water partition coefficient (Wildman–Crippen LogP) is 1.56. The maximum absolute atomic E-state index is 11.9. The molecule has 0 saturated carbocycles. The molecule has 0 unspecified atom stereocenters. The fourth-order valence-electron chi connectivity index (χ4n) is 1.42. The van der Waals surface area contributed by atoms with Gasteiger partial charge >= 0.3 is 117 Å². The van der Waals surface area contributed by atoms with Crippen LogP contribution in [0, 0.1) is 20.4 Å². The second-order valence-electron chi connectivity index (χ2n) is 3.81. The van der Waals surface area contributed by atoms with E-state index in [0.29, 0.717) is 26.7 Å². The first-order valence-corrected chi connectivity index (χ1v) is 6.68. The Kier molecular flexibility index (Phi) is 4.69. The van der Waals surface area contributed by atoms with Crippen LogP contribution in [0.25, 0.3) is 10.4 Å². The predicted molar refractivity (Wildman–Crippen MR) is 68.7 cm³/mol. The second-order valence-corrected chi connectivity index (χ2v) is 5.31. The SMILES string of the molecule is [C-]#[N+][C](=[W])C=CC(=C)c1nc(C)n(C)c(=O)c1C. The molecule has 0 spiro atoms. The Morgan fingerprint density at radius 2 is 2.11 bits per heavy atom. The molecular weight excluding hydrogens is 398 g/mol. The molecular formula is C13H13N3OW. The first-order valence-electron chi connectivity index (χ1n) is 5.21. The van der Waals surface area contributed by atoms with Crippen molar-refractivity contribution in [3.63, 3.8) is 0 Å². The molecule has 0 aromatic carbocycles. The number of hydrogen-bond donors (Lipinski definition) is 0. The van der Waals surface area contributed by atoms with Crippen molar-refractivity contribution >= 4 is 9.59 Å². The van der Waals surface area contributed by atoms with E-state index >= 15 is 0 Å². The summed E-state index contributed by atoms with van der Waals surface area (Å²) >= 11 is 1.11. The number of aromatic nitrogens is 2. The topological polar surface area (TPSA) is 39.2 Å². The molecule has 1 rings (SSSR count). The Balaban J connectivity index is 3.24. The molecule has 4 nitrogen and oxygen atoms in total. The van der Waals surface area contributed by atoms with Gasteiger partial charge in [-0.25, -0.2) is 0 Å². The first-order chi connectivity index (χ1) is 8.38. The van der Waals surface area contributed by atoms with Gasteiger partial charge in [0.05, 0.1) is 0 Å². The van der Waals surface area contributed by atoms with Gasteiger partial charge in [-0.05, 0) is 0 Å². The summed E-state index contributed by atoms with van der Waals surface area (Å²) in [6.07, 6.45) is 3.44. The van der Waals surface area contributed by atoms with Crippen LogP contribution in [0.5, 0.6) is 0 Å². The third kappa shape index (κ3) is 3.00. The molecule has 0 aliphatic heterocycles. The van der Waals surface area contributed by atoms with E-state index in [-0.39, 0.29) is 5.56 Å². The molecule has 0 amide bonds. The number of nitrogens with zero attached hydrogens (tertiary/aromatic N) is 3. The minimum absolute atomic E-state index is 0.0662. The molecule has 92 valence electrons. The van der Waals surface area contributed by atoms with Crippen LogP contribution < -0.4 is 5.56 Å². The Hall–Kier alpha value is -1.59. The summed E-state index contributed by atoms with van der Waals surface area (Å²) < 4.78 is 2.16. The van der Waals surface area contributed by atoms with E-state index in [1.165, 1.54) is 4.57 Å². The quantitative estimate of drug-likeness (QED) is 0.560. The molecule has 0 fully saturated rings. The van der Waals surface area contributed by atoms with Gasteiger partial charge in [0.2, 0.25) is 0 Å². The molecule has 0 aliphatic carbocycles. The van der Waals surface area contributed by atoms with Gasteiger partial charge in [-0.1, -0.05) is 0 Å². The van der Waals surface area contributed by atoms with Gasteiger partial charge in [-0.2, -0.15) is 0 Å². The molecule has 0 aliphatic rings. The zero-order valence-corrected chi connectivity index (χ0v) is 13.5. The third-order valence-corrected chi connectivity index (χ3v) is 3.40. The van der Waals surface area contributed by atoms with Crippen molar-refractivity contribution in [1.29, 1.82) is 0 Å². The van der Waals surface area contributed by atoms with Gasteiger partial charge in [0, 0.05) is 0 Å². The van der Waals surface area contributed by atoms with Crippen LogP contribution in [0.15, 0.2) is 23.5 Å². The Bertz CT molecular complexity index is 647. The average molecular weight is 411 g/mol. The number of rotatable bonds is 3. The van der Waals surface area contributed by atoms with E-state index in [2.05, 4.69) is 16.4 Å². The minimum atomic E-state index is -0.0662. The molecule has 0 radical (unpaired) electrons.